The summed E-state index contributed by atoms with van der Waals surface area (Å²) in [6.45, 7) is 2.01. The van der Waals surface area contributed by atoms with Crippen LogP contribution in [-0.4, -0.2) is 41.8 Å². The fourth-order valence-corrected chi connectivity index (χ4v) is 4.56. The van der Waals surface area contributed by atoms with Crippen LogP contribution in [0, 0.1) is 5.41 Å². The van der Waals surface area contributed by atoms with Gasteiger partial charge in [-0.05, 0) is 57.1 Å². The largest absolute Gasteiger partial charge is 0.457 e. The number of para-hydroxylation sites is 2. The third-order valence-corrected chi connectivity index (χ3v) is 6.16. The van der Waals surface area contributed by atoms with Gasteiger partial charge in [-0.25, -0.2) is 0 Å². The number of halogens is 2. The van der Waals surface area contributed by atoms with Crippen LogP contribution in [0.3, 0.4) is 0 Å². The summed E-state index contributed by atoms with van der Waals surface area (Å²) in [5.41, 5.74) is 2.84. The summed E-state index contributed by atoms with van der Waals surface area (Å²) in [7, 11) is 2.21. The second kappa shape index (κ2) is 9.29. The van der Waals surface area contributed by atoms with E-state index in [0.717, 1.165) is 40.9 Å². The minimum atomic E-state index is -0.165. The molecule has 7 heteroatoms. The van der Waals surface area contributed by atoms with E-state index in [-0.39, 0.29) is 31.0 Å². The molecule has 2 aliphatic rings. The van der Waals surface area contributed by atoms with Crippen LogP contribution in [-0.2, 0) is 0 Å². The Balaban J connectivity index is 0.00000128. The zero-order valence-electron chi connectivity index (χ0n) is 17.0. The van der Waals surface area contributed by atoms with Crippen molar-refractivity contribution in [3.63, 3.8) is 0 Å². The monoisotopic (exact) mass is 446 g/mol. The topological polar surface area (TPSA) is 55.5 Å². The lowest BCUT2D eigenvalue weighted by Gasteiger charge is -2.39. The number of nitrogens with zero attached hydrogens (tertiary/aromatic N) is 2. The molecule has 1 saturated heterocycles. The van der Waals surface area contributed by atoms with Gasteiger partial charge in [0.05, 0.1) is 0 Å². The number of hydrogen-bond acceptors (Lipinski definition) is 4. The summed E-state index contributed by atoms with van der Waals surface area (Å²) in [5, 5.41) is 13.6. The first kappa shape index (κ1) is 22.5. The fourth-order valence-electron chi connectivity index (χ4n) is 4.56. The Hall–Kier alpha value is -2.21. The maximum Gasteiger partial charge on any atom is 0.160 e. The van der Waals surface area contributed by atoms with Crippen molar-refractivity contribution in [2.75, 3.05) is 25.5 Å². The van der Waals surface area contributed by atoms with E-state index in [4.69, 9.17) is 9.83 Å². The Morgan fingerprint density at radius 3 is 2.63 bits per heavy atom. The van der Waals surface area contributed by atoms with Crippen LogP contribution in [0.4, 0.5) is 5.69 Å². The maximum atomic E-state index is 8.90. The summed E-state index contributed by atoms with van der Waals surface area (Å²) < 4.78 is 6.18. The minimum Gasteiger partial charge on any atom is -0.457 e. The number of anilines is 1. The summed E-state index contributed by atoms with van der Waals surface area (Å²) in [6, 6.07) is 18.9. The number of fused-ring (bicyclic) bond motifs is 2. The van der Waals surface area contributed by atoms with Gasteiger partial charge in [0.1, 0.15) is 17.2 Å². The maximum absolute atomic E-state index is 8.90. The lowest BCUT2D eigenvalue weighted by atomic mass is 10.0. The third kappa shape index (κ3) is 4.02. The molecular formula is C23H28Cl2N4O. The van der Waals surface area contributed by atoms with Crippen molar-refractivity contribution in [1.29, 1.82) is 5.41 Å². The molecule has 5 rings (SSSR count). The zero-order chi connectivity index (χ0) is 19.1. The molecule has 5 nitrogen and oxygen atoms in total. The standard InChI is InChI=1S/C23H26N4O.2ClH/c1-26-13-6-8-17(26)12-14-27-22(24)18-9-3-4-10-19(18)25-23(27)21-15-16-7-2-5-11-20(16)28-21;;/h2-5,7,9-11,15,17,23-25H,6,8,12-14H2,1H3;2*1H. The van der Waals surface area contributed by atoms with E-state index in [1.54, 1.807) is 0 Å². The molecule has 0 spiro atoms. The molecule has 1 aromatic heterocycles. The molecule has 0 saturated carbocycles. The highest BCUT2D eigenvalue weighted by molar-refractivity contribution is 6.03. The van der Waals surface area contributed by atoms with Crippen molar-refractivity contribution in [3.05, 3.63) is 65.9 Å². The lowest BCUT2D eigenvalue weighted by molar-refractivity contribution is 0.241. The summed E-state index contributed by atoms with van der Waals surface area (Å²) in [4.78, 5) is 4.61. The Kier molecular flexibility index (Phi) is 6.96. The van der Waals surface area contributed by atoms with E-state index >= 15 is 0 Å². The van der Waals surface area contributed by atoms with Gasteiger partial charge in [-0.15, -0.1) is 24.8 Å². The van der Waals surface area contributed by atoms with Crippen molar-refractivity contribution in [3.8, 4) is 0 Å². The Morgan fingerprint density at radius 2 is 1.87 bits per heavy atom. The van der Waals surface area contributed by atoms with E-state index in [0.29, 0.717) is 11.9 Å². The summed E-state index contributed by atoms with van der Waals surface area (Å²) in [6.07, 6.45) is 3.41. The number of hydrogen-bond donors (Lipinski definition) is 2. The SMILES string of the molecule is CN1CCCC1CCN1C(=N)c2ccccc2NC1c1cc2ccccc2o1.Cl.Cl. The van der Waals surface area contributed by atoms with Crippen LogP contribution in [0.5, 0.6) is 0 Å². The average Bonchev–Trinajstić information content (AvgIpc) is 3.33. The highest BCUT2D eigenvalue weighted by atomic mass is 35.5. The second-order valence-electron chi connectivity index (χ2n) is 7.89. The van der Waals surface area contributed by atoms with Crippen LogP contribution in [0.2, 0.25) is 0 Å². The van der Waals surface area contributed by atoms with Crippen LogP contribution in [0.1, 0.15) is 36.8 Å². The zero-order valence-corrected chi connectivity index (χ0v) is 18.6. The Bertz CT molecular complexity index is 988. The first-order chi connectivity index (χ1) is 13.7. The normalized spacial score (nSPS) is 21.0. The Labute approximate surface area is 189 Å². The van der Waals surface area contributed by atoms with Crippen LogP contribution < -0.4 is 5.32 Å². The minimum absolute atomic E-state index is 0. The number of nitrogens with one attached hydrogen (secondary N) is 2. The van der Waals surface area contributed by atoms with E-state index in [1.165, 1.54) is 19.4 Å². The molecule has 2 atom stereocenters. The molecule has 0 amide bonds. The van der Waals surface area contributed by atoms with Crippen LogP contribution >= 0.6 is 24.8 Å². The number of benzene rings is 2. The Morgan fingerprint density at radius 1 is 1.10 bits per heavy atom. The third-order valence-electron chi connectivity index (χ3n) is 6.16. The quantitative estimate of drug-likeness (QED) is 0.554. The first-order valence-electron chi connectivity index (χ1n) is 10.1. The smallest absolute Gasteiger partial charge is 0.160 e. The fraction of sp³-hybridized carbons (Fsp3) is 0.348. The van der Waals surface area contributed by atoms with Gasteiger partial charge in [-0.2, -0.15) is 0 Å². The van der Waals surface area contributed by atoms with Gasteiger partial charge in [0.2, 0.25) is 0 Å². The van der Waals surface area contributed by atoms with Crippen LogP contribution in [0.15, 0.2) is 59.0 Å². The predicted molar refractivity (Wildman–Crippen MR) is 127 cm³/mol. The van der Waals surface area contributed by atoms with Gasteiger partial charge in [-0.1, -0.05) is 30.3 Å². The van der Waals surface area contributed by atoms with Gasteiger partial charge in [-0.3, -0.25) is 5.41 Å². The second-order valence-corrected chi connectivity index (χ2v) is 7.89. The van der Waals surface area contributed by atoms with Gasteiger partial charge >= 0.3 is 0 Å². The predicted octanol–water partition coefficient (Wildman–Crippen LogP) is 5.51. The molecule has 3 aromatic rings. The number of likely N-dealkylation sites (tertiary alicyclic amines) is 1. The molecule has 2 N–H and O–H groups in total. The van der Waals surface area contributed by atoms with Crippen molar-refractivity contribution >= 4 is 47.3 Å². The molecule has 1 fully saturated rings. The van der Waals surface area contributed by atoms with E-state index in [9.17, 15) is 0 Å². The lowest BCUT2D eigenvalue weighted by Crippen LogP contribution is -2.44. The molecule has 2 aromatic carbocycles. The first-order valence-corrected chi connectivity index (χ1v) is 10.1. The average molecular weight is 447 g/mol. The molecule has 160 valence electrons. The molecule has 0 aliphatic carbocycles. The molecular weight excluding hydrogens is 419 g/mol. The molecule has 2 aliphatic heterocycles. The molecule has 3 heterocycles. The van der Waals surface area contributed by atoms with Crippen molar-refractivity contribution in [2.24, 2.45) is 0 Å². The van der Waals surface area contributed by atoms with Gasteiger partial charge in [0.15, 0.2) is 6.17 Å². The molecule has 30 heavy (non-hydrogen) atoms. The van der Waals surface area contributed by atoms with Gasteiger partial charge in [0.25, 0.3) is 0 Å². The van der Waals surface area contributed by atoms with Gasteiger partial charge < -0.3 is 19.5 Å². The molecule has 2 unspecified atom stereocenters. The molecule has 0 radical (unpaired) electrons. The number of furan rings is 1. The highest BCUT2D eigenvalue weighted by Gasteiger charge is 2.33. The van der Waals surface area contributed by atoms with Gasteiger partial charge in [0, 0.05) is 29.2 Å². The van der Waals surface area contributed by atoms with Crippen molar-refractivity contribution in [1.82, 2.24) is 9.80 Å². The van der Waals surface area contributed by atoms with E-state index < -0.39 is 0 Å². The van der Waals surface area contributed by atoms with Crippen molar-refractivity contribution < 1.29 is 4.42 Å². The summed E-state index contributed by atoms with van der Waals surface area (Å²) >= 11 is 0. The highest BCUT2D eigenvalue weighted by Crippen LogP contribution is 2.35. The molecule has 0 bridgehead atoms. The summed E-state index contributed by atoms with van der Waals surface area (Å²) in [5.74, 6) is 1.43. The van der Waals surface area contributed by atoms with Crippen LogP contribution in [0.25, 0.3) is 11.0 Å². The van der Waals surface area contributed by atoms with E-state index in [1.807, 2.05) is 42.5 Å². The van der Waals surface area contributed by atoms with E-state index in [2.05, 4.69) is 34.3 Å². The number of rotatable bonds is 4. The van der Waals surface area contributed by atoms with Crippen molar-refractivity contribution in [2.45, 2.75) is 31.5 Å². The number of amidine groups is 1.